The average Bonchev–Trinajstić information content (AvgIpc) is 2.79. The predicted octanol–water partition coefficient (Wildman–Crippen LogP) is 1.05. The van der Waals surface area contributed by atoms with Gasteiger partial charge in [-0.05, 0) is 50.8 Å². The summed E-state index contributed by atoms with van der Waals surface area (Å²) in [7, 11) is -3.86. The molecule has 136 valence electrons. The van der Waals surface area contributed by atoms with Crippen LogP contribution in [0.3, 0.4) is 0 Å². The Hall–Kier alpha value is -1.93. The lowest BCUT2D eigenvalue weighted by atomic mass is 9.92. The molecule has 0 bridgehead atoms. The van der Waals surface area contributed by atoms with Gasteiger partial charge in [0, 0.05) is 31.2 Å². The summed E-state index contributed by atoms with van der Waals surface area (Å²) >= 11 is 0. The molecule has 2 N–H and O–H groups in total. The minimum absolute atomic E-state index is 0.00623. The number of carbonyl (C=O) groups is 2. The van der Waals surface area contributed by atoms with E-state index < -0.39 is 15.9 Å². The second-order valence-corrected chi connectivity index (χ2v) is 8.53. The van der Waals surface area contributed by atoms with Crippen LogP contribution in [0.2, 0.25) is 0 Å². The first-order valence-corrected chi connectivity index (χ1v) is 9.97. The van der Waals surface area contributed by atoms with Crippen LogP contribution in [-0.2, 0) is 10.0 Å². The molecule has 0 radical (unpaired) electrons. The minimum atomic E-state index is -3.86. The van der Waals surface area contributed by atoms with Crippen LogP contribution in [0.5, 0.6) is 0 Å². The fraction of sp³-hybridized carbons (Fsp3) is 0.529. The number of nitrogens with two attached hydrogens (primary N) is 1. The standard InChI is InChI=1S/C17H23N3O4S/c1-3-20-17(22)14-7-6-12(9-15(14)25(20,23)24)16(21)19-8-4-5-13(10-19)11(2)18/h6-7,9,11,13H,3-5,8,10,18H2,1-2H3. The van der Waals surface area contributed by atoms with Crippen LogP contribution in [-0.4, -0.2) is 55.1 Å². The van der Waals surface area contributed by atoms with E-state index in [4.69, 9.17) is 5.73 Å². The minimum Gasteiger partial charge on any atom is -0.338 e. The van der Waals surface area contributed by atoms with Crippen LogP contribution in [0.25, 0.3) is 0 Å². The van der Waals surface area contributed by atoms with E-state index >= 15 is 0 Å². The zero-order valence-corrected chi connectivity index (χ0v) is 15.3. The third-order valence-corrected chi connectivity index (χ3v) is 6.93. The van der Waals surface area contributed by atoms with Crippen LogP contribution in [0.1, 0.15) is 47.4 Å². The fourth-order valence-corrected chi connectivity index (χ4v) is 5.13. The summed E-state index contributed by atoms with van der Waals surface area (Å²) in [6.07, 6.45) is 1.86. The summed E-state index contributed by atoms with van der Waals surface area (Å²) in [6, 6.07) is 4.30. The van der Waals surface area contributed by atoms with Crippen LogP contribution < -0.4 is 5.73 Å². The number of likely N-dealkylation sites (tertiary alicyclic amines) is 1. The van der Waals surface area contributed by atoms with Gasteiger partial charge in [0.1, 0.15) is 4.90 Å². The lowest BCUT2D eigenvalue weighted by molar-refractivity contribution is 0.0660. The second kappa shape index (κ2) is 6.42. The Morgan fingerprint density at radius 2 is 2.12 bits per heavy atom. The predicted molar refractivity (Wildman–Crippen MR) is 92.6 cm³/mol. The molecule has 3 rings (SSSR count). The van der Waals surface area contributed by atoms with E-state index in [1.807, 2.05) is 6.92 Å². The molecule has 1 aromatic carbocycles. The summed E-state index contributed by atoms with van der Waals surface area (Å²) in [5.74, 6) is -0.509. The number of piperidine rings is 1. The second-order valence-electron chi connectivity index (χ2n) is 6.70. The Labute approximate surface area is 147 Å². The highest BCUT2D eigenvalue weighted by molar-refractivity contribution is 7.90. The molecule has 25 heavy (non-hydrogen) atoms. The first-order chi connectivity index (χ1) is 11.8. The molecule has 0 aromatic heterocycles. The van der Waals surface area contributed by atoms with E-state index in [0.717, 1.165) is 17.1 Å². The highest BCUT2D eigenvalue weighted by Crippen LogP contribution is 2.31. The van der Waals surface area contributed by atoms with Crippen molar-refractivity contribution >= 4 is 21.8 Å². The molecule has 2 amide bonds. The maximum atomic E-state index is 12.8. The Morgan fingerprint density at radius 1 is 1.40 bits per heavy atom. The SMILES string of the molecule is CCN1C(=O)c2ccc(C(=O)N3CCCC(C(C)N)C3)cc2S1(=O)=O. The molecule has 0 spiro atoms. The number of rotatable bonds is 3. The van der Waals surface area contributed by atoms with Crippen molar-refractivity contribution < 1.29 is 18.0 Å². The molecule has 1 fully saturated rings. The van der Waals surface area contributed by atoms with Crippen molar-refractivity contribution in [2.45, 2.75) is 37.6 Å². The van der Waals surface area contributed by atoms with Crippen LogP contribution >= 0.6 is 0 Å². The van der Waals surface area contributed by atoms with Crippen molar-refractivity contribution in [3.63, 3.8) is 0 Å². The van der Waals surface area contributed by atoms with Gasteiger partial charge in [0.15, 0.2) is 0 Å². The Balaban J connectivity index is 1.91. The van der Waals surface area contributed by atoms with Gasteiger partial charge >= 0.3 is 0 Å². The quantitative estimate of drug-likeness (QED) is 0.863. The normalized spacial score (nSPS) is 23.5. The van der Waals surface area contributed by atoms with Crippen LogP contribution in [0, 0.1) is 5.92 Å². The van der Waals surface area contributed by atoms with Crippen molar-refractivity contribution in [3.05, 3.63) is 29.3 Å². The summed E-state index contributed by atoms with van der Waals surface area (Å²) in [4.78, 5) is 26.6. The van der Waals surface area contributed by atoms with E-state index in [-0.39, 0.29) is 34.9 Å². The highest BCUT2D eigenvalue weighted by Gasteiger charge is 2.40. The van der Waals surface area contributed by atoms with E-state index in [0.29, 0.717) is 18.7 Å². The molecule has 2 unspecified atom stereocenters. The van der Waals surface area contributed by atoms with Gasteiger partial charge in [-0.15, -0.1) is 0 Å². The monoisotopic (exact) mass is 365 g/mol. The lowest BCUT2D eigenvalue weighted by Gasteiger charge is -2.34. The highest BCUT2D eigenvalue weighted by atomic mass is 32.2. The zero-order valence-electron chi connectivity index (χ0n) is 14.4. The Kier molecular flexibility index (Phi) is 4.59. The summed E-state index contributed by atoms with van der Waals surface area (Å²) in [5, 5.41) is 0. The molecule has 2 aliphatic rings. The maximum absolute atomic E-state index is 12.8. The van der Waals surface area contributed by atoms with Gasteiger partial charge in [0.25, 0.3) is 21.8 Å². The molecular formula is C17H23N3O4S. The largest absolute Gasteiger partial charge is 0.338 e. The number of fused-ring (bicyclic) bond motifs is 1. The van der Waals surface area contributed by atoms with E-state index in [9.17, 15) is 18.0 Å². The van der Waals surface area contributed by atoms with Crippen molar-refractivity contribution in [2.24, 2.45) is 11.7 Å². The molecule has 0 saturated carbocycles. The number of carbonyl (C=O) groups excluding carboxylic acids is 2. The van der Waals surface area contributed by atoms with Crippen molar-refractivity contribution in [1.29, 1.82) is 0 Å². The lowest BCUT2D eigenvalue weighted by Crippen LogP contribution is -2.45. The van der Waals surface area contributed by atoms with Gasteiger partial charge in [0.2, 0.25) is 0 Å². The van der Waals surface area contributed by atoms with Gasteiger partial charge < -0.3 is 10.6 Å². The molecule has 2 atom stereocenters. The van der Waals surface area contributed by atoms with Gasteiger partial charge in [0.05, 0.1) is 5.56 Å². The number of benzene rings is 1. The molecule has 7 nitrogen and oxygen atoms in total. The number of hydrogen-bond acceptors (Lipinski definition) is 5. The topological polar surface area (TPSA) is 101 Å². The third kappa shape index (κ3) is 2.93. The van der Waals surface area contributed by atoms with Crippen molar-refractivity contribution in [1.82, 2.24) is 9.21 Å². The maximum Gasteiger partial charge on any atom is 0.268 e. The number of sulfonamides is 1. The summed E-state index contributed by atoms with van der Waals surface area (Å²) < 4.78 is 25.8. The van der Waals surface area contributed by atoms with Crippen LogP contribution in [0.15, 0.2) is 23.1 Å². The van der Waals surface area contributed by atoms with Crippen LogP contribution in [0.4, 0.5) is 0 Å². The molecule has 1 saturated heterocycles. The van der Waals surface area contributed by atoms with Gasteiger partial charge in [-0.1, -0.05) is 0 Å². The molecule has 2 heterocycles. The number of hydrogen-bond donors (Lipinski definition) is 1. The van der Waals surface area contributed by atoms with Crippen molar-refractivity contribution in [3.8, 4) is 0 Å². The molecule has 8 heteroatoms. The zero-order chi connectivity index (χ0) is 18.4. The Bertz CT molecular complexity index is 819. The smallest absolute Gasteiger partial charge is 0.268 e. The van der Waals surface area contributed by atoms with Crippen molar-refractivity contribution in [2.75, 3.05) is 19.6 Å². The average molecular weight is 365 g/mol. The number of nitrogens with zero attached hydrogens (tertiary/aromatic N) is 2. The first-order valence-electron chi connectivity index (χ1n) is 8.53. The molecular weight excluding hydrogens is 342 g/mol. The first kappa shape index (κ1) is 17.9. The fourth-order valence-electron chi connectivity index (χ4n) is 3.53. The van der Waals surface area contributed by atoms with E-state index in [2.05, 4.69) is 0 Å². The van der Waals surface area contributed by atoms with Gasteiger partial charge in [-0.25, -0.2) is 12.7 Å². The summed E-state index contributed by atoms with van der Waals surface area (Å²) in [5.41, 5.74) is 6.38. The third-order valence-electron chi connectivity index (χ3n) is 5.03. The van der Waals surface area contributed by atoms with Gasteiger partial charge in [-0.3, -0.25) is 9.59 Å². The molecule has 0 aliphatic carbocycles. The van der Waals surface area contributed by atoms with E-state index in [1.165, 1.54) is 18.2 Å². The Morgan fingerprint density at radius 3 is 2.76 bits per heavy atom. The number of amides is 2. The van der Waals surface area contributed by atoms with E-state index in [1.54, 1.807) is 11.8 Å². The summed E-state index contributed by atoms with van der Waals surface area (Å²) in [6.45, 7) is 4.81. The van der Waals surface area contributed by atoms with Gasteiger partial charge in [-0.2, -0.15) is 0 Å². The molecule has 1 aromatic rings. The molecule has 2 aliphatic heterocycles.